The molecule has 0 bridgehead atoms. The van der Waals surface area contributed by atoms with E-state index in [1.54, 1.807) is 30.3 Å². The molecule has 0 radical (unpaired) electrons. The lowest BCUT2D eigenvalue weighted by Crippen LogP contribution is -2.25. The van der Waals surface area contributed by atoms with E-state index in [1.165, 1.54) is 6.92 Å². The fourth-order valence-electron chi connectivity index (χ4n) is 3.08. The van der Waals surface area contributed by atoms with E-state index >= 15 is 0 Å². The monoisotopic (exact) mass is 401 g/mol. The average molecular weight is 402 g/mol. The van der Waals surface area contributed by atoms with Gasteiger partial charge in [-0.05, 0) is 75.9 Å². The molecule has 1 amide bonds. The lowest BCUT2D eigenvalue weighted by Gasteiger charge is -2.27. The molecule has 5 nitrogen and oxygen atoms in total. The zero-order valence-corrected chi connectivity index (χ0v) is 17.1. The van der Waals surface area contributed by atoms with Crippen molar-refractivity contribution in [2.75, 3.05) is 11.9 Å². The molecule has 2 aromatic rings. The number of rotatable bonds is 7. The predicted octanol–water partition coefficient (Wildman–Crippen LogP) is 5.43. The number of carbonyl (C=O) groups excluding carboxylic acids is 2. The Balaban J connectivity index is 1.84. The molecule has 1 aliphatic carbocycles. The van der Waals surface area contributed by atoms with Crippen LogP contribution in [0.5, 0.6) is 11.5 Å². The maximum Gasteiger partial charge on any atom is 0.255 e. The summed E-state index contributed by atoms with van der Waals surface area (Å²) in [5.41, 5.74) is 2.44. The maximum atomic E-state index is 12.8. The number of anilines is 1. The second kappa shape index (κ2) is 8.65. The zero-order valence-electron chi connectivity index (χ0n) is 16.3. The van der Waals surface area contributed by atoms with Crippen molar-refractivity contribution < 1.29 is 19.1 Å². The number of carbonyl (C=O) groups is 2. The van der Waals surface area contributed by atoms with Gasteiger partial charge in [-0.1, -0.05) is 11.6 Å². The first-order valence-corrected chi connectivity index (χ1v) is 9.82. The Kier molecular flexibility index (Phi) is 6.25. The molecule has 0 aromatic heterocycles. The number of benzene rings is 2. The highest BCUT2D eigenvalue weighted by Gasteiger charge is 2.23. The third kappa shape index (κ3) is 4.47. The fourth-order valence-corrected chi connectivity index (χ4v) is 3.34. The van der Waals surface area contributed by atoms with Crippen molar-refractivity contribution in [1.29, 1.82) is 0 Å². The highest BCUT2D eigenvalue weighted by atomic mass is 35.5. The van der Waals surface area contributed by atoms with Gasteiger partial charge in [0.05, 0.1) is 17.7 Å². The van der Waals surface area contributed by atoms with E-state index in [1.807, 2.05) is 13.8 Å². The molecule has 0 spiro atoms. The molecule has 3 rings (SSSR count). The van der Waals surface area contributed by atoms with Gasteiger partial charge in [0.15, 0.2) is 17.3 Å². The molecule has 0 saturated heterocycles. The third-order valence-corrected chi connectivity index (χ3v) is 5.05. The smallest absolute Gasteiger partial charge is 0.255 e. The standard InChI is InChI=1S/C22H24ClNO4/c1-4-27-21-19(23)11-15(12-20(21)28-17-6-5-7-17)22(26)24-16-8-9-18(14(3)25)13(2)10-16/h8-12,17H,4-7H2,1-3H3,(H,24,26). The van der Waals surface area contributed by atoms with Crippen LogP contribution in [0, 0.1) is 6.92 Å². The summed E-state index contributed by atoms with van der Waals surface area (Å²) >= 11 is 6.36. The molecule has 1 fully saturated rings. The van der Waals surface area contributed by atoms with Crippen molar-refractivity contribution in [2.24, 2.45) is 0 Å². The predicted molar refractivity (Wildman–Crippen MR) is 110 cm³/mol. The summed E-state index contributed by atoms with van der Waals surface area (Å²) < 4.78 is 11.6. The molecule has 1 aliphatic rings. The Labute approximate surface area is 170 Å². The van der Waals surface area contributed by atoms with Gasteiger partial charge in [-0.15, -0.1) is 0 Å². The molecule has 1 saturated carbocycles. The molecule has 6 heteroatoms. The molecule has 1 N–H and O–H groups in total. The van der Waals surface area contributed by atoms with Crippen LogP contribution in [0.1, 0.15) is 59.4 Å². The second-order valence-electron chi connectivity index (χ2n) is 6.93. The van der Waals surface area contributed by atoms with Crippen molar-refractivity contribution in [3.8, 4) is 11.5 Å². The summed E-state index contributed by atoms with van der Waals surface area (Å²) in [6, 6.07) is 8.44. The van der Waals surface area contributed by atoms with E-state index in [0.717, 1.165) is 24.8 Å². The molecule has 28 heavy (non-hydrogen) atoms. The van der Waals surface area contributed by atoms with E-state index in [4.69, 9.17) is 21.1 Å². The molecule has 148 valence electrons. The fraction of sp³-hybridized carbons (Fsp3) is 0.364. The van der Waals surface area contributed by atoms with Crippen molar-refractivity contribution in [2.45, 2.75) is 46.1 Å². The Morgan fingerprint density at radius 3 is 2.54 bits per heavy atom. The SMILES string of the molecule is CCOc1c(Cl)cc(C(=O)Nc2ccc(C(C)=O)c(C)c2)cc1OC1CCC1. The van der Waals surface area contributed by atoms with Crippen LogP contribution in [0.25, 0.3) is 0 Å². The van der Waals surface area contributed by atoms with Crippen LogP contribution >= 0.6 is 11.6 Å². The van der Waals surface area contributed by atoms with Gasteiger partial charge in [0.1, 0.15) is 0 Å². The largest absolute Gasteiger partial charge is 0.488 e. The number of nitrogens with one attached hydrogen (secondary N) is 1. The summed E-state index contributed by atoms with van der Waals surface area (Å²) in [4.78, 5) is 24.3. The summed E-state index contributed by atoms with van der Waals surface area (Å²) in [5, 5.41) is 3.19. The Morgan fingerprint density at radius 1 is 1.21 bits per heavy atom. The van der Waals surface area contributed by atoms with E-state index in [0.29, 0.717) is 39.9 Å². The molecule has 0 atom stereocenters. The lowest BCUT2D eigenvalue weighted by atomic mass is 9.96. The maximum absolute atomic E-state index is 12.8. The summed E-state index contributed by atoms with van der Waals surface area (Å²) in [5.74, 6) is 0.645. The molecule has 2 aromatic carbocycles. The minimum Gasteiger partial charge on any atom is -0.488 e. The summed E-state index contributed by atoms with van der Waals surface area (Å²) in [7, 11) is 0. The first-order valence-electron chi connectivity index (χ1n) is 9.45. The Hall–Kier alpha value is -2.53. The van der Waals surface area contributed by atoms with E-state index < -0.39 is 0 Å². The van der Waals surface area contributed by atoms with Gasteiger partial charge in [-0.2, -0.15) is 0 Å². The first kappa shape index (κ1) is 20.2. The summed E-state index contributed by atoms with van der Waals surface area (Å²) in [6.45, 7) is 5.68. The van der Waals surface area contributed by atoms with Gasteiger partial charge in [0, 0.05) is 16.8 Å². The molecular weight excluding hydrogens is 378 g/mol. The number of Topliss-reactive ketones (excluding diaryl/α,β-unsaturated/α-hetero) is 1. The van der Waals surface area contributed by atoms with Crippen LogP contribution in [0.2, 0.25) is 5.02 Å². The van der Waals surface area contributed by atoms with Crippen LogP contribution in [-0.4, -0.2) is 24.4 Å². The van der Waals surface area contributed by atoms with Crippen molar-refractivity contribution in [1.82, 2.24) is 0 Å². The highest BCUT2D eigenvalue weighted by Crippen LogP contribution is 2.39. The van der Waals surface area contributed by atoms with Gasteiger partial charge in [0.2, 0.25) is 0 Å². The third-order valence-electron chi connectivity index (χ3n) is 4.77. The second-order valence-corrected chi connectivity index (χ2v) is 7.34. The molecule has 0 heterocycles. The number of ketones is 1. The first-order chi connectivity index (χ1) is 13.4. The number of hydrogen-bond acceptors (Lipinski definition) is 4. The normalized spacial score (nSPS) is 13.6. The highest BCUT2D eigenvalue weighted by molar-refractivity contribution is 6.32. The minimum absolute atomic E-state index is 0.00791. The Morgan fingerprint density at radius 2 is 1.96 bits per heavy atom. The van der Waals surface area contributed by atoms with E-state index in [-0.39, 0.29) is 17.8 Å². The minimum atomic E-state index is -0.307. The van der Waals surface area contributed by atoms with Crippen LogP contribution < -0.4 is 14.8 Å². The summed E-state index contributed by atoms with van der Waals surface area (Å²) in [6.07, 6.45) is 3.25. The van der Waals surface area contributed by atoms with Gasteiger partial charge >= 0.3 is 0 Å². The quantitative estimate of drug-likeness (QED) is 0.628. The number of halogens is 1. The number of ether oxygens (including phenoxy) is 2. The van der Waals surface area contributed by atoms with Gasteiger partial charge < -0.3 is 14.8 Å². The number of amides is 1. The van der Waals surface area contributed by atoms with Crippen LogP contribution in [0.4, 0.5) is 5.69 Å². The van der Waals surface area contributed by atoms with Crippen LogP contribution in [-0.2, 0) is 0 Å². The number of aryl methyl sites for hydroxylation is 1. The zero-order chi connectivity index (χ0) is 20.3. The molecular formula is C22H24ClNO4. The lowest BCUT2D eigenvalue weighted by molar-refractivity contribution is 0.101. The van der Waals surface area contributed by atoms with Crippen molar-refractivity contribution in [3.63, 3.8) is 0 Å². The topological polar surface area (TPSA) is 64.6 Å². The van der Waals surface area contributed by atoms with E-state index in [2.05, 4.69) is 5.32 Å². The van der Waals surface area contributed by atoms with Crippen LogP contribution in [0.3, 0.4) is 0 Å². The van der Waals surface area contributed by atoms with Crippen molar-refractivity contribution in [3.05, 3.63) is 52.0 Å². The van der Waals surface area contributed by atoms with Gasteiger partial charge in [-0.25, -0.2) is 0 Å². The van der Waals surface area contributed by atoms with Gasteiger partial charge in [0.25, 0.3) is 5.91 Å². The van der Waals surface area contributed by atoms with Crippen molar-refractivity contribution >= 4 is 29.0 Å². The molecule has 0 unspecified atom stereocenters. The van der Waals surface area contributed by atoms with Crippen LogP contribution in [0.15, 0.2) is 30.3 Å². The van der Waals surface area contributed by atoms with Gasteiger partial charge in [-0.3, -0.25) is 9.59 Å². The van der Waals surface area contributed by atoms with E-state index in [9.17, 15) is 9.59 Å². The molecule has 0 aliphatic heterocycles. The average Bonchev–Trinajstić information content (AvgIpc) is 2.60. The number of hydrogen-bond donors (Lipinski definition) is 1. The Bertz CT molecular complexity index is 906.